The first-order valence-corrected chi connectivity index (χ1v) is 21.6. The van der Waals surface area contributed by atoms with E-state index in [2.05, 4.69) is 22.1 Å². The molecule has 1 fully saturated rings. The van der Waals surface area contributed by atoms with Crippen molar-refractivity contribution in [3.05, 3.63) is 24.2 Å². The van der Waals surface area contributed by atoms with E-state index >= 15 is 0 Å². The first kappa shape index (κ1) is 45.7. The van der Waals surface area contributed by atoms with E-state index < -0.39 is 50.3 Å². The summed E-state index contributed by atoms with van der Waals surface area (Å²) >= 11 is 0. The summed E-state index contributed by atoms with van der Waals surface area (Å²) in [7, 11) is -4.22. The normalized spacial score (nSPS) is 21.6. The Bertz CT molecular complexity index is 1460. The molecular formula is C38H65N6O9P. The second kappa shape index (κ2) is 24.8. The molecule has 2 aromatic rings. The van der Waals surface area contributed by atoms with Crippen LogP contribution in [0.1, 0.15) is 136 Å². The highest BCUT2D eigenvalue weighted by molar-refractivity contribution is 7.51. The lowest BCUT2D eigenvalue weighted by atomic mass is 9.92. The highest BCUT2D eigenvalue weighted by Gasteiger charge is 2.58. The lowest BCUT2D eigenvalue weighted by Gasteiger charge is -2.25. The largest absolute Gasteiger partial charge is 0.465 e. The van der Waals surface area contributed by atoms with E-state index in [1.165, 1.54) is 101 Å². The zero-order chi connectivity index (χ0) is 39.2. The fourth-order valence-corrected chi connectivity index (χ4v) is 7.93. The van der Waals surface area contributed by atoms with Gasteiger partial charge in [-0.1, -0.05) is 104 Å². The average molecular weight is 781 g/mol. The number of fused-ring (bicyclic) bond motifs is 1. The van der Waals surface area contributed by atoms with E-state index in [1.807, 2.05) is 13.0 Å². The van der Waals surface area contributed by atoms with Gasteiger partial charge in [-0.3, -0.25) is 13.8 Å². The predicted molar refractivity (Wildman–Crippen MR) is 205 cm³/mol. The van der Waals surface area contributed by atoms with Gasteiger partial charge < -0.3 is 30.2 Å². The third-order valence-corrected chi connectivity index (χ3v) is 11.4. The van der Waals surface area contributed by atoms with Gasteiger partial charge in [-0.2, -0.15) is 10.4 Å². The van der Waals surface area contributed by atoms with Crippen LogP contribution < -0.4 is 10.8 Å². The van der Waals surface area contributed by atoms with Crippen LogP contribution in [0.2, 0.25) is 0 Å². The molecule has 0 unspecified atom stereocenters. The Kier molecular flexibility index (Phi) is 21.0. The molecule has 1 aliphatic heterocycles. The minimum atomic E-state index is -4.22. The minimum absolute atomic E-state index is 0.0171. The number of aliphatic hydroxyl groups excluding tert-OH is 2. The maximum atomic E-state index is 14.0. The fourth-order valence-electron chi connectivity index (χ4n) is 6.41. The van der Waals surface area contributed by atoms with Crippen LogP contribution in [-0.4, -0.2) is 88.2 Å². The zero-order valence-corrected chi connectivity index (χ0v) is 33.6. The Morgan fingerprint density at radius 2 is 1.56 bits per heavy atom. The molecule has 1 aliphatic rings. The van der Waals surface area contributed by atoms with Crippen molar-refractivity contribution in [1.29, 1.82) is 5.26 Å². The van der Waals surface area contributed by atoms with E-state index in [-0.39, 0.29) is 24.7 Å². The van der Waals surface area contributed by atoms with Crippen LogP contribution >= 0.6 is 7.75 Å². The zero-order valence-electron chi connectivity index (χ0n) is 32.7. The van der Waals surface area contributed by atoms with Gasteiger partial charge in [0.05, 0.1) is 25.5 Å². The summed E-state index contributed by atoms with van der Waals surface area (Å²) in [5.74, 6) is -0.492. The number of anilines is 1. The maximum absolute atomic E-state index is 14.0. The third kappa shape index (κ3) is 14.1. The van der Waals surface area contributed by atoms with Crippen LogP contribution in [0, 0.1) is 11.3 Å². The Morgan fingerprint density at radius 3 is 2.19 bits per heavy atom. The number of ether oxygens (including phenoxy) is 3. The van der Waals surface area contributed by atoms with Gasteiger partial charge in [-0.25, -0.2) is 19.2 Å². The lowest BCUT2D eigenvalue weighted by Crippen LogP contribution is -2.41. The maximum Gasteiger partial charge on any atom is 0.406 e. The molecule has 0 radical (unpaired) electrons. The first-order valence-electron chi connectivity index (χ1n) is 20.1. The van der Waals surface area contributed by atoms with Crippen LogP contribution in [0.3, 0.4) is 0 Å². The van der Waals surface area contributed by atoms with Crippen LogP contribution in [0.4, 0.5) is 5.82 Å². The number of carbonyl (C=O) groups is 1. The Hall–Kier alpha value is -2.67. The van der Waals surface area contributed by atoms with Gasteiger partial charge in [-0.15, -0.1) is 0 Å². The fraction of sp³-hybridized carbons (Fsp3) is 0.789. The molecule has 1 saturated heterocycles. The van der Waals surface area contributed by atoms with E-state index in [0.29, 0.717) is 31.6 Å². The van der Waals surface area contributed by atoms with Gasteiger partial charge in [-0.05, 0) is 38.3 Å². The molecule has 0 aromatic carbocycles. The van der Waals surface area contributed by atoms with Crippen LogP contribution in [0.25, 0.3) is 5.52 Å². The Balaban J connectivity index is 1.44. The number of unbranched alkanes of at least 4 members (excludes halogenated alkanes) is 14. The molecule has 16 heteroatoms. The predicted octanol–water partition coefficient (Wildman–Crippen LogP) is 6.50. The number of rotatable bonds is 30. The van der Waals surface area contributed by atoms with Gasteiger partial charge in [0.1, 0.15) is 42.3 Å². The van der Waals surface area contributed by atoms with E-state index in [9.17, 15) is 24.8 Å². The van der Waals surface area contributed by atoms with Crippen molar-refractivity contribution in [2.45, 2.75) is 160 Å². The Morgan fingerprint density at radius 1 is 0.944 bits per heavy atom. The summed E-state index contributed by atoms with van der Waals surface area (Å²) in [4.78, 5) is 16.5. The van der Waals surface area contributed by atoms with Gasteiger partial charge in [0.15, 0.2) is 5.82 Å². The number of nitrogens with two attached hydrogens (primary N) is 1. The molecule has 306 valence electrons. The molecule has 2 aromatic heterocycles. The van der Waals surface area contributed by atoms with Gasteiger partial charge in [0.2, 0.25) is 5.60 Å². The van der Waals surface area contributed by atoms with E-state index in [0.717, 1.165) is 19.3 Å². The smallest absolute Gasteiger partial charge is 0.406 e. The van der Waals surface area contributed by atoms with Crippen molar-refractivity contribution >= 4 is 25.1 Å². The van der Waals surface area contributed by atoms with Crippen LogP contribution in [0.15, 0.2) is 18.5 Å². The number of esters is 1. The number of nitriles is 1. The molecule has 0 bridgehead atoms. The summed E-state index contributed by atoms with van der Waals surface area (Å²) in [5.41, 5.74) is 4.35. The number of carbonyl (C=O) groups excluding carboxylic acids is 1. The molecule has 3 heterocycles. The van der Waals surface area contributed by atoms with Gasteiger partial charge in [0, 0.05) is 13.2 Å². The molecule has 54 heavy (non-hydrogen) atoms. The van der Waals surface area contributed by atoms with Crippen molar-refractivity contribution < 1.29 is 42.8 Å². The molecule has 5 N–H and O–H groups in total. The first-order chi connectivity index (χ1) is 26.1. The number of nitrogens with one attached hydrogen (secondary N) is 1. The summed E-state index contributed by atoms with van der Waals surface area (Å²) < 4.78 is 43.6. The third-order valence-electron chi connectivity index (χ3n) is 9.68. The summed E-state index contributed by atoms with van der Waals surface area (Å²) in [6, 6.07) is 3.96. The Labute approximate surface area is 321 Å². The second-order valence-corrected chi connectivity index (χ2v) is 15.9. The quantitative estimate of drug-likeness (QED) is 0.0379. The number of aromatic nitrogens is 3. The SMILES string of the molecule is CCCCCCCCCCCCCCCCOCCCO[P@](=O)(N[C@@H](C)C(=O)OCCCC)OC[C@H]1O[C@@](C#N)(c2ccc3c(N)ncnn23)[C@H](O)[C@@H]1O. The van der Waals surface area contributed by atoms with Crippen molar-refractivity contribution in [2.75, 3.05) is 38.8 Å². The minimum Gasteiger partial charge on any atom is -0.465 e. The van der Waals surface area contributed by atoms with Crippen molar-refractivity contribution in [2.24, 2.45) is 0 Å². The molecule has 3 rings (SSSR count). The standard InChI is InChI=1S/C38H65N6O9P/c1-4-6-8-9-10-11-12-13-14-15-16-17-18-19-23-49-24-20-26-51-54(48,43-30(3)37(47)50-25-7-5-2)52-27-32-34(45)35(46)38(28-39,53-32)33-22-21-31-36(40)41-29-42-44(31)33/h21-22,29-30,32,34-35,45-46H,4-20,23-27H2,1-3H3,(H,43,48)(H2,40,41,42)/t30-,32+,34+,35+,38-,54+/m0/s1. The van der Waals surface area contributed by atoms with Crippen molar-refractivity contribution in [1.82, 2.24) is 19.7 Å². The number of nitrogens with zero attached hydrogens (tertiary/aromatic N) is 4. The van der Waals surface area contributed by atoms with Gasteiger partial charge >= 0.3 is 13.7 Å². The molecule has 15 nitrogen and oxygen atoms in total. The number of nitrogen functional groups attached to an aromatic ring is 1. The average Bonchev–Trinajstić information content (AvgIpc) is 3.71. The number of aliphatic hydroxyl groups is 2. The lowest BCUT2D eigenvalue weighted by molar-refractivity contribution is -0.145. The molecular weight excluding hydrogens is 715 g/mol. The highest BCUT2D eigenvalue weighted by Crippen LogP contribution is 2.47. The van der Waals surface area contributed by atoms with Crippen molar-refractivity contribution in [3.63, 3.8) is 0 Å². The summed E-state index contributed by atoms with van der Waals surface area (Å²) in [5, 5.41) is 39.0. The molecule has 0 saturated carbocycles. The van der Waals surface area contributed by atoms with Crippen molar-refractivity contribution in [3.8, 4) is 6.07 Å². The monoisotopic (exact) mass is 780 g/mol. The molecule has 6 atom stereocenters. The number of hydrogen-bond donors (Lipinski definition) is 4. The van der Waals surface area contributed by atoms with Crippen LogP contribution in [0.5, 0.6) is 0 Å². The topological polar surface area (TPSA) is 213 Å². The summed E-state index contributed by atoms with van der Waals surface area (Å²) in [6.45, 7) is 6.35. The molecule has 0 amide bonds. The van der Waals surface area contributed by atoms with E-state index in [1.54, 1.807) is 6.07 Å². The van der Waals surface area contributed by atoms with E-state index in [4.69, 9.17) is 29.0 Å². The highest BCUT2D eigenvalue weighted by atomic mass is 31.2. The summed E-state index contributed by atoms with van der Waals surface area (Å²) in [6.07, 6.45) is 16.5. The molecule has 0 spiro atoms. The van der Waals surface area contributed by atoms with Gasteiger partial charge in [0.25, 0.3) is 0 Å². The molecule has 0 aliphatic carbocycles. The number of hydrogen-bond acceptors (Lipinski definition) is 13. The van der Waals surface area contributed by atoms with Crippen LogP contribution in [-0.2, 0) is 38.2 Å². The second-order valence-electron chi connectivity index (χ2n) is 14.2.